The van der Waals surface area contributed by atoms with E-state index in [1.807, 2.05) is 0 Å². The van der Waals surface area contributed by atoms with Gasteiger partial charge in [-0.1, -0.05) is 6.92 Å². The summed E-state index contributed by atoms with van der Waals surface area (Å²) in [5.74, 6) is 1.15. The number of hydrogen-bond donors (Lipinski definition) is 0. The fourth-order valence-electron chi connectivity index (χ4n) is 2.50. The van der Waals surface area contributed by atoms with Crippen molar-refractivity contribution in [2.24, 2.45) is 5.92 Å². The van der Waals surface area contributed by atoms with E-state index in [1.54, 1.807) is 4.31 Å². The van der Waals surface area contributed by atoms with Gasteiger partial charge in [-0.25, -0.2) is 12.7 Å². The molecule has 1 aliphatic rings. The Morgan fingerprint density at radius 2 is 2.17 bits per heavy atom. The van der Waals surface area contributed by atoms with Crippen LogP contribution < -0.4 is 0 Å². The van der Waals surface area contributed by atoms with E-state index in [0.29, 0.717) is 24.9 Å². The predicted molar refractivity (Wildman–Crippen MR) is 76.6 cm³/mol. The number of nitrogens with zero attached hydrogens (tertiary/aromatic N) is 2. The normalized spacial score (nSPS) is 22.6. The molecule has 4 nitrogen and oxygen atoms in total. The third-order valence-electron chi connectivity index (χ3n) is 3.52. The molecule has 108 valence electrons. The minimum absolute atomic E-state index is 0.462. The number of rotatable bonds is 7. The van der Waals surface area contributed by atoms with Gasteiger partial charge in [0, 0.05) is 25.5 Å². The molecular formula is C12H25ClN2O2S. The molecule has 6 heteroatoms. The second-order valence-electron chi connectivity index (χ2n) is 5.07. The van der Waals surface area contributed by atoms with Gasteiger partial charge in [-0.05, 0) is 38.3 Å². The quantitative estimate of drug-likeness (QED) is 0.670. The molecule has 0 spiro atoms. The fraction of sp³-hybridized carbons (Fsp3) is 1.00. The molecule has 1 saturated heterocycles. The van der Waals surface area contributed by atoms with Gasteiger partial charge in [-0.3, -0.25) is 0 Å². The third-order valence-corrected chi connectivity index (χ3v) is 5.06. The lowest BCUT2D eigenvalue weighted by Crippen LogP contribution is -2.43. The maximum absolute atomic E-state index is 11.6. The zero-order valence-corrected chi connectivity index (χ0v) is 13.0. The molecule has 1 unspecified atom stereocenters. The van der Waals surface area contributed by atoms with Crippen LogP contribution in [0.3, 0.4) is 0 Å². The predicted octanol–water partition coefficient (Wildman–Crippen LogP) is 1.61. The van der Waals surface area contributed by atoms with Crippen molar-refractivity contribution >= 4 is 21.6 Å². The summed E-state index contributed by atoms with van der Waals surface area (Å²) in [5, 5.41) is 0. The molecule has 1 aliphatic heterocycles. The van der Waals surface area contributed by atoms with Crippen LogP contribution in [0.25, 0.3) is 0 Å². The van der Waals surface area contributed by atoms with E-state index >= 15 is 0 Å². The zero-order valence-electron chi connectivity index (χ0n) is 11.4. The Balaban J connectivity index is 2.46. The average molecular weight is 297 g/mol. The Kier molecular flexibility index (Phi) is 6.92. The Morgan fingerprint density at radius 1 is 1.44 bits per heavy atom. The summed E-state index contributed by atoms with van der Waals surface area (Å²) in [5.41, 5.74) is 0. The molecule has 0 aromatic heterocycles. The van der Waals surface area contributed by atoms with E-state index in [-0.39, 0.29) is 0 Å². The van der Waals surface area contributed by atoms with Crippen molar-refractivity contribution < 1.29 is 8.42 Å². The number of sulfonamides is 1. The lowest BCUT2D eigenvalue weighted by Gasteiger charge is -2.34. The number of piperidine rings is 1. The smallest absolute Gasteiger partial charge is 0.211 e. The van der Waals surface area contributed by atoms with Gasteiger partial charge in [0.2, 0.25) is 10.0 Å². The second kappa shape index (κ2) is 7.68. The molecule has 0 amide bonds. The molecule has 1 heterocycles. The number of hydrogen-bond acceptors (Lipinski definition) is 3. The van der Waals surface area contributed by atoms with Gasteiger partial charge < -0.3 is 4.90 Å². The summed E-state index contributed by atoms with van der Waals surface area (Å²) in [6.07, 6.45) is 4.41. The van der Waals surface area contributed by atoms with Crippen LogP contribution in [0.5, 0.6) is 0 Å². The molecule has 1 atom stereocenters. The van der Waals surface area contributed by atoms with E-state index in [9.17, 15) is 8.42 Å². The lowest BCUT2D eigenvalue weighted by atomic mass is 9.99. The first-order valence-electron chi connectivity index (χ1n) is 6.70. The Bertz CT molecular complexity index is 335. The summed E-state index contributed by atoms with van der Waals surface area (Å²) in [4.78, 5) is 2.37. The topological polar surface area (TPSA) is 40.6 Å². The van der Waals surface area contributed by atoms with Crippen LogP contribution in [-0.4, -0.2) is 62.5 Å². The van der Waals surface area contributed by atoms with E-state index in [0.717, 1.165) is 38.9 Å². The minimum Gasteiger partial charge on any atom is -0.303 e. The molecular weight excluding hydrogens is 272 g/mol. The van der Waals surface area contributed by atoms with Crippen molar-refractivity contribution in [1.82, 2.24) is 9.21 Å². The van der Waals surface area contributed by atoms with Gasteiger partial charge in [0.15, 0.2) is 0 Å². The fourth-order valence-corrected chi connectivity index (χ4v) is 3.57. The summed E-state index contributed by atoms with van der Waals surface area (Å²) in [7, 11) is -3.02. The van der Waals surface area contributed by atoms with E-state index in [2.05, 4.69) is 11.8 Å². The standard InChI is InChI=1S/C12H25ClN2O2S/c1-3-14(8-5-7-13)10-12-6-4-9-15(11-12)18(2,16)17/h12H,3-11H2,1-2H3. The monoisotopic (exact) mass is 296 g/mol. The third kappa shape index (κ3) is 5.43. The van der Waals surface area contributed by atoms with Crippen molar-refractivity contribution in [2.75, 3.05) is 44.9 Å². The van der Waals surface area contributed by atoms with Gasteiger partial charge >= 0.3 is 0 Å². The van der Waals surface area contributed by atoms with Crippen molar-refractivity contribution in [3.05, 3.63) is 0 Å². The highest BCUT2D eigenvalue weighted by Gasteiger charge is 2.26. The molecule has 0 aliphatic carbocycles. The number of alkyl halides is 1. The van der Waals surface area contributed by atoms with Crippen LogP contribution in [0, 0.1) is 5.92 Å². The summed E-state index contributed by atoms with van der Waals surface area (Å²) < 4.78 is 24.7. The highest BCUT2D eigenvalue weighted by atomic mass is 35.5. The van der Waals surface area contributed by atoms with Crippen LogP contribution in [0.2, 0.25) is 0 Å². The van der Waals surface area contributed by atoms with Gasteiger partial charge in [0.1, 0.15) is 0 Å². The van der Waals surface area contributed by atoms with Gasteiger partial charge in [0.25, 0.3) is 0 Å². The van der Waals surface area contributed by atoms with Crippen molar-refractivity contribution in [3.8, 4) is 0 Å². The minimum atomic E-state index is -3.02. The molecule has 0 radical (unpaired) electrons. The SMILES string of the molecule is CCN(CCCCl)CC1CCCN(S(C)(=O)=O)C1. The van der Waals surface area contributed by atoms with Crippen LogP contribution in [0.15, 0.2) is 0 Å². The van der Waals surface area contributed by atoms with E-state index < -0.39 is 10.0 Å². The van der Waals surface area contributed by atoms with Crippen LogP contribution in [0.1, 0.15) is 26.2 Å². The van der Waals surface area contributed by atoms with Crippen LogP contribution in [-0.2, 0) is 10.0 Å². The summed E-state index contributed by atoms with van der Waals surface area (Å²) in [6, 6.07) is 0. The molecule has 0 bridgehead atoms. The van der Waals surface area contributed by atoms with Crippen LogP contribution >= 0.6 is 11.6 Å². The van der Waals surface area contributed by atoms with Gasteiger partial charge in [0.05, 0.1) is 6.26 Å². The van der Waals surface area contributed by atoms with E-state index in [4.69, 9.17) is 11.6 Å². The maximum atomic E-state index is 11.6. The molecule has 0 aromatic carbocycles. The first kappa shape index (κ1) is 16.2. The number of halogens is 1. The molecule has 1 fully saturated rings. The Morgan fingerprint density at radius 3 is 2.72 bits per heavy atom. The first-order valence-corrected chi connectivity index (χ1v) is 9.09. The molecule has 0 aromatic rings. The average Bonchev–Trinajstić information content (AvgIpc) is 2.33. The van der Waals surface area contributed by atoms with Gasteiger partial charge in [-0.15, -0.1) is 11.6 Å². The van der Waals surface area contributed by atoms with Crippen LogP contribution in [0.4, 0.5) is 0 Å². The molecule has 0 N–H and O–H groups in total. The highest BCUT2D eigenvalue weighted by molar-refractivity contribution is 7.88. The summed E-state index contributed by atoms with van der Waals surface area (Å²) >= 11 is 5.71. The van der Waals surface area contributed by atoms with Crippen molar-refractivity contribution in [1.29, 1.82) is 0 Å². The molecule has 1 rings (SSSR count). The lowest BCUT2D eigenvalue weighted by molar-refractivity contribution is 0.184. The first-order chi connectivity index (χ1) is 8.47. The Labute approximate surface area is 116 Å². The Hall–Kier alpha value is 0.160. The zero-order chi connectivity index (χ0) is 13.6. The van der Waals surface area contributed by atoms with E-state index in [1.165, 1.54) is 6.26 Å². The highest BCUT2D eigenvalue weighted by Crippen LogP contribution is 2.19. The molecule has 18 heavy (non-hydrogen) atoms. The second-order valence-corrected chi connectivity index (χ2v) is 7.43. The maximum Gasteiger partial charge on any atom is 0.211 e. The summed E-state index contributed by atoms with van der Waals surface area (Å²) in [6.45, 7) is 6.51. The largest absolute Gasteiger partial charge is 0.303 e. The molecule has 0 saturated carbocycles. The van der Waals surface area contributed by atoms with Gasteiger partial charge in [-0.2, -0.15) is 0 Å². The van der Waals surface area contributed by atoms with Crippen molar-refractivity contribution in [3.63, 3.8) is 0 Å². The van der Waals surface area contributed by atoms with Crippen molar-refractivity contribution in [2.45, 2.75) is 26.2 Å².